The summed E-state index contributed by atoms with van der Waals surface area (Å²) in [4.78, 5) is 21.4. The van der Waals surface area contributed by atoms with Gasteiger partial charge in [0.05, 0.1) is 17.9 Å². The highest BCUT2D eigenvalue weighted by atomic mass is 16.2. The van der Waals surface area contributed by atoms with E-state index in [4.69, 9.17) is 0 Å². The second-order valence-corrected chi connectivity index (χ2v) is 5.21. The first-order valence-corrected chi connectivity index (χ1v) is 6.74. The third kappa shape index (κ3) is 2.43. The topological polar surface area (TPSA) is 74.9 Å². The molecule has 0 spiro atoms. The van der Waals surface area contributed by atoms with E-state index >= 15 is 0 Å². The van der Waals surface area contributed by atoms with Crippen molar-refractivity contribution in [3.05, 3.63) is 12.4 Å². The lowest BCUT2D eigenvalue weighted by atomic mass is 10.1. The number of carbonyl (C=O) groups is 1. The number of aromatic nitrogens is 2. The van der Waals surface area contributed by atoms with Crippen molar-refractivity contribution in [1.82, 2.24) is 14.7 Å². The average molecular weight is 274 g/mol. The molecule has 20 heavy (non-hydrogen) atoms. The van der Waals surface area contributed by atoms with Crippen molar-refractivity contribution in [3.8, 4) is 0 Å². The molecule has 7 heteroatoms. The quantitative estimate of drug-likeness (QED) is 0.653. The van der Waals surface area contributed by atoms with Crippen LogP contribution in [0.5, 0.6) is 0 Å². The van der Waals surface area contributed by atoms with Gasteiger partial charge in [-0.25, -0.2) is 4.99 Å². The van der Waals surface area contributed by atoms with Crippen LogP contribution in [0.2, 0.25) is 0 Å². The lowest BCUT2D eigenvalue weighted by molar-refractivity contribution is -0.138. The minimum Gasteiger partial charge on any atom is -0.338 e. The monoisotopic (exact) mass is 274 g/mol. The summed E-state index contributed by atoms with van der Waals surface area (Å²) in [7, 11) is 1.65. The lowest BCUT2D eigenvalue weighted by Gasteiger charge is -2.39. The summed E-state index contributed by atoms with van der Waals surface area (Å²) < 4.78 is 1.88. The van der Waals surface area contributed by atoms with Crippen LogP contribution in [0.25, 0.3) is 0 Å². The highest BCUT2D eigenvalue weighted by molar-refractivity contribution is 5.96. The molecular weight excluding hydrogens is 256 g/mol. The Labute approximate surface area is 117 Å². The number of amides is 1. The van der Waals surface area contributed by atoms with Gasteiger partial charge in [0.2, 0.25) is 11.9 Å². The van der Waals surface area contributed by atoms with Crippen molar-refractivity contribution in [2.45, 2.75) is 18.9 Å². The first kappa shape index (κ1) is 12.8. The molecule has 0 unspecified atom stereocenters. The Morgan fingerprint density at radius 2 is 2.25 bits per heavy atom. The van der Waals surface area contributed by atoms with E-state index in [-0.39, 0.29) is 6.04 Å². The van der Waals surface area contributed by atoms with Crippen LogP contribution in [0.15, 0.2) is 22.4 Å². The summed E-state index contributed by atoms with van der Waals surface area (Å²) in [5.74, 6) is 1.07. The molecule has 1 aromatic rings. The van der Waals surface area contributed by atoms with Crippen molar-refractivity contribution < 1.29 is 4.79 Å². The smallest absolute Gasteiger partial charge is 0.225 e. The fourth-order valence-electron chi connectivity index (χ4n) is 2.29. The Morgan fingerprint density at radius 3 is 2.85 bits per heavy atom. The van der Waals surface area contributed by atoms with Gasteiger partial charge in [0.25, 0.3) is 0 Å². The number of nitrogens with zero attached hydrogens (tertiary/aromatic N) is 5. The van der Waals surface area contributed by atoms with Crippen LogP contribution in [0, 0.1) is 5.92 Å². The molecular formula is C13H18N6O. The van der Waals surface area contributed by atoms with E-state index in [1.807, 2.05) is 15.8 Å². The second kappa shape index (κ2) is 5.07. The minimum absolute atomic E-state index is 0.270. The predicted octanol–water partition coefficient (Wildman–Crippen LogP) is 0.775. The molecule has 1 aliphatic heterocycles. The number of likely N-dealkylation sites (tertiary alicyclic amines) is 1. The zero-order valence-electron chi connectivity index (χ0n) is 11.5. The molecule has 1 aliphatic carbocycles. The Hall–Kier alpha value is -2.18. The van der Waals surface area contributed by atoms with Crippen LogP contribution in [-0.4, -0.2) is 53.4 Å². The lowest BCUT2D eigenvalue weighted by Crippen LogP contribution is -2.51. The Kier molecular flexibility index (Phi) is 3.25. The van der Waals surface area contributed by atoms with Crippen molar-refractivity contribution in [1.29, 1.82) is 0 Å². The molecule has 1 saturated carbocycles. The van der Waals surface area contributed by atoms with E-state index in [1.165, 1.54) is 0 Å². The number of hydrogen-bond donors (Lipinski definition) is 1. The van der Waals surface area contributed by atoms with Gasteiger partial charge in [0.1, 0.15) is 0 Å². The molecule has 3 rings (SSSR count). The van der Waals surface area contributed by atoms with Crippen LogP contribution in [-0.2, 0) is 4.79 Å². The van der Waals surface area contributed by atoms with Gasteiger partial charge in [-0.1, -0.05) is 0 Å². The normalized spacial score (nSPS) is 19.6. The van der Waals surface area contributed by atoms with Gasteiger partial charge in [-0.3, -0.25) is 14.5 Å². The van der Waals surface area contributed by atoms with Crippen LogP contribution in [0.4, 0.5) is 5.69 Å². The number of nitrogens with one attached hydrogen (secondary N) is 1. The first-order valence-electron chi connectivity index (χ1n) is 6.74. The molecule has 1 aromatic heterocycles. The number of guanidine groups is 1. The molecule has 1 amide bonds. The Bertz CT molecular complexity index is 553. The van der Waals surface area contributed by atoms with Crippen molar-refractivity contribution in [2.24, 2.45) is 15.9 Å². The zero-order valence-corrected chi connectivity index (χ0v) is 11.5. The van der Waals surface area contributed by atoms with E-state index in [2.05, 4.69) is 27.1 Å². The molecule has 0 atom stereocenters. The third-order valence-electron chi connectivity index (χ3n) is 3.69. The number of carbonyl (C=O) groups excluding carboxylic acids is 1. The van der Waals surface area contributed by atoms with Crippen LogP contribution in [0.1, 0.15) is 18.9 Å². The SMILES string of the molecule is C=N/C(=N\C)Nc1cnn(C2CN(C(=O)C3CC3)C2)c1. The van der Waals surface area contributed by atoms with E-state index in [1.54, 1.807) is 13.2 Å². The zero-order chi connectivity index (χ0) is 14.1. The van der Waals surface area contributed by atoms with Gasteiger partial charge >= 0.3 is 0 Å². The number of rotatable bonds is 3. The summed E-state index contributed by atoms with van der Waals surface area (Å²) >= 11 is 0. The van der Waals surface area contributed by atoms with Crippen molar-refractivity contribution >= 4 is 24.3 Å². The summed E-state index contributed by atoms with van der Waals surface area (Å²) in [5, 5.41) is 7.33. The molecule has 1 N–H and O–H groups in total. The standard InChI is InChI=1S/C13H18N6O/c1-14-13(15-2)17-10-5-16-19(6-10)11-7-18(8-11)12(20)9-3-4-9/h5-6,9,11H,1,3-4,7-8H2,2H3,(H,15,17). The minimum atomic E-state index is 0.270. The van der Waals surface area contributed by atoms with Gasteiger partial charge in [-0.05, 0) is 19.6 Å². The maximum atomic E-state index is 11.8. The van der Waals surface area contributed by atoms with Crippen molar-refractivity contribution in [2.75, 3.05) is 25.5 Å². The molecule has 0 bridgehead atoms. The molecule has 106 valence electrons. The fourth-order valence-corrected chi connectivity index (χ4v) is 2.29. The van der Waals surface area contributed by atoms with E-state index in [0.717, 1.165) is 31.6 Å². The number of anilines is 1. The highest BCUT2D eigenvalue weighted by Crippen LogP contribution is 2.34. The highest BCUT2D eigenvalue weighted by Gasteiger charge is 2.39. The fraction of sp³-hybridized carbons (Fsp3) is 0.538. The molecule has 0 radical (unpaired) electrons. The van der Waals surface area contributed by atoms with Crippen LogP contribution < -0.4 is 5.32 Å². The van der Waals surface area contributed by atoms with E-state index < -0.39 is 0 Å². The maximum absolute atomic E-state index is 11.8. The van der Waals surface area contributed by atoms with Crippen LogP contribution in [0.3, 0.4) is 0 Å². The molecule has 2 aliphatic rings. The maximum Gasteiger partial charge on any atom is 0.225 e. The third-order valence-corrected chi connectivity index (χ3v) is 3.69. The second-order valence-electron chi connectivity index (χ2n) is 5.21. The summed E-state index contributed by atoms with van der Waals surface area (Å²) in [5.41, 5.74) is 0.824. The van der Waals surface area contributed by atoms with Gasteiger partial charge in [-0.2, -0.15) is 5.10 Å². The summed E-state index contributed by atoms with van der Waals surface area (Å²) in [6.45, 7) is 4.94. The molecule has 7 nitrogen and oxygen atoms in total. The molecule has 1 saturated heterocycles. The van der Waals surface area contributed by atoms with E-state index in [0.29, 0.717) is 17.8 Å². The van der Waals surface area contributed by atoms with Gasteiger partial charge in [-0.15, -0.1) is 0 Å². The number of aliphatic imine (C=N–C) groups is 2. The Balaban J connectivity index is 1.56. The van der Waals surface area contributed by atoms with Gasteiger partial charge < -0.3 is 10.2 Å². The first-order chi connectivity index (χ1) is 9.71. The van der Waals surface area contributed by atoms with Crippen LogP contribution >= 0.6 is 0 Å². The average Bonchev–Trinajstić information content (AvgIpc) is 3.16. The number of hydrogen-bond acceptors (Lipinski definition) is 3. The molecule has 2 fully saturated rings. The molecule has 0 aromatic carbocycles. The largest absolute Gasteiger partial charge is 0.338 e. The van der Waals surface area contributed by atoms with E-state index in [9.17, 15) is 4.79 Å². The van der Waals surface area contributed by atoms with Gasteiger partial charge in [0.15, 0.2) is 0 Å². The van der Waals surface area contributed by atoms with Crippen molar-refractivity contribution in [3.63, 3.8) is 0 Å². The predicted molar refractivity (Wildman–Crippen MR) is 77.1 cm³/mol. The van der Waals surface area contributed by atoms with Gasteiger partial charge in [0, 0.05) is 32.3 Å². The Morgan fingerprint density at radius 1 is 1.50 bits per heavy atom. The molecule has 2 heterocycles. The summed E-state index contributed by atoms with van der Waals surface area (Å²) in [6.07, 6.45) is 5.74. The summed E-state index contributed by atoms with van der Waals surface area (Å²) in [6, 6.07) is 0.270.